The van der Waals surface area contributed by atoms with Gasteiger partial charge in [-0.25, -0.2) is 8.78 Å². The molecule has 2 atom stereocenters. The van der Waals surface area contributed by atoms with Crippen LogP contribution >= 0.6 is 22.6 Å². The zero-order valence-corrected chi connectivity index (χ0v) is 31.3. The van der Waals surface area contributed by atoms with Gasteiger partial charge in [-0.05, 0) is 135 Å². The molecule has 7 nitrogen and oxygen atoms in total. The number of benzene rings is 2. The van der Waals surface area contributed by atoms with Crippen LogP contribution in [0.5, 0.6) is 0 Å². The number of halogens is 6. The van der Waals surface area contributed by atoms with Crippen molar-refractivity contribution >= 4 is 34.5 Å². The molecule has 2 N–H and O–H groups in total. The van der Waals surface area contributed by atoms with Gasteiger partial charge in [0.25, 0.3) is 5.56 Å². The van der Waals surface area contributed by atoms with Gasteiger partial charge in [0.05, 0.1) is 17.5 Å². The van der Waals surface area contributed by atoms with Gasteiger partial charge in [0.1, 0.15) is 21.2 Å². The predicted octanol–water partition coefficient (Wildman–Crippen LogP) is 7.92. The largest absolute Gasteiger partial charge is 0.481 e. The number of aryl methyl sites for hydroxylation is 3. The van der Waals surface area contributed by atoms with Gasteiger partial charge in [-0.1, -0.05) is 19.9 Å². The minimum Gasteiger partial charge on any atom is -0.481 e. The van der Waals surface area contributed by atoms with Crippen molar-refractivity contribution in [3.05, 3.63) is 90.9 Å². The number of carbonyl (C=O) groups excluding carboxylic acids is 1. The molecule has 13 heteroatoms. The maximum Gasteiger partial charge on any atom is 0.416 e. The van der Waals surface area contributed by atoms with E-state index in [-0.39, 0.29) is 42.0 Å². The predicted molar refractivity (Wildman–Crippen MR) is 188 cm³/mol. The minimum absolute atomic E-state index is 0.00765. The molecule has 3 aromatic rings. The van der Waals surface area contributed by atoms with Crippen LogP contribution in [0.3, 0.4) is 0 Å². The molecule has 0 radical (unpaired) electrons. The Kier molecular flexibility index (Phi) is 12.5. The highest BCUT2D eigenvalue weighted by atomic mass is 127. The highest BCUT2D eigenvalue weighted by Crippen LogP contribution is 2.43. The number of pyridine rings is 1. The van der Waals surface area contributed by atoms with Crippen LogP contribution in [0.25, 0.3) is 11.1 Å². The smallest absolute Gasteiger partial charge is 0.416 e. The fourth-order valence-electron chi connectivity index (χ4n) is 6.04. The topological polar surface area (TPSA) is 91.6 Å². The van der Waals surface area contributed by atoms with Crippen LogP contribution in [0.4, 0.5) is 22.0 Å². The van der Waals surface area contributed by atoms with Crippen molar-refractivity contribution in [3.8, 4) is 11.1 Å². The first-order valence-electron chi connectivity index (χ1n) is 15.8. The zero-order valence-electron chi connectivity index (χ0n) is 29.1. The summed E-state index contributed by atoms with van der Waals surface area (Å²) in [7, 11) is 3.36. The van der Waals surface area contributed by atoms with Crippen molar-refractivity contribution < 1.29 is 36.6 Å². The Morgan fingerprint density at radius 2 is 1.53 bits per heavy atom. The van der Waals surface area contributed by atoms with Crippen molar-refractivity contribution in [2.75, 3.05) is 20.6 Å². The molecule has 1 unspecified atom stereocenters. The van der Waals surface area contributed by atoms with E-state index < -0.39 is 62.4 Å². The number of carboxylic acid groups (broad SMARTS) is 1. The molecule has 0 saturated carbocycles. The van der Waals surface area contributed by atoms with Gasteiger partial charge in [-0.3, -0.25) is 14.4 Å². The number of nitrogens with one attached hydrogen (secondary N) is 1. The highest BCUT2D eigenvalue weighted by Gasteiger charge is 2.43. The van der Waals surface area contributed by atoms with Gasteiger partial charge in [-0.2, -0.15) is 13.2 Å². The first-order valence-corrected chi connectivity index (χ1v) is 16.8. The number of nitrogens with zero attached hydrogens (tertiary/aromatic N) is 2. The molecule has 2 aromatic carbocycles. The Bertz CT molecular complexity index is 1790. The molecule has 1 aromatic heterocycles. The van der Waals surface area contributed by atoms with E-state index in [0.29, 0.717) is 11.6 Å². The van der Waals surface area contributed by atoms with Crippen LogP contribution in [0.2, 0.25) is 0 Å². The Morgan fingerprint density at radius 1 is 0.959 bits per heavy atom. The molecular formula is C36H43F5IN3O4. The van der Waals surface area contributed by atoms with E-state index in [1.807, 2.05) is 19.9 Å². The third-order valence-electron chi connectivity index (χ3n) is 8.76. The number of amides is 1. The summed E-state index contributed by atoms with van der Waals surface area (Å²) < 4.78 is 73.5. The molecule has 1 heterocycles. The number of alkyl halides is 4. The van der Waals surface area contributed by atoms with Crippen molar-refractivity contribution in [1.82, 2.24) is 14.8 Å². The second-order valence-corrected chi connectivity index (χ2v) is 15.2. The van der Waals surface area contributed by atoms with E-state index in [1.165, 1.54) is 35.6 Å². The normalized spacial score (nSPS) is 13.9. The van der Waals surface area contributed by atoms with Crippen LogP contribution in [-0.2, 0) is 25.7 Å². The van der Waals surface area contributed by atoms with Crippen molar-refractivity contribution in [3.63, 3.8) is 0 Å². The summed E-state index contributed by atoms with van der Waals surface area (Å²) in [5.74, 6) is -4.85. The first-order chi connectivity index (χ1) is 22.5. The van der Waals surface area contributed by atoms with E-state index >= 15 is 8.78 Å². The number of aromatic nitrogens is 1. The number of hydrogen-bond donors (Lipinski definition) is 2. The molecule has 268 valence electrons. The maximum atomic E-state index is 16.8. The van der Waals surface area contributed by atoms with Crippen LogP contribution in [-0.4, -0.2) is 47.1 Å². The SMILES string of the molecule is Cc1cc(C)c(C)c(-c2cc(C)c(F)c([C@@](I)(CC(=O)O)NC(=O)C(CC(C)C)n3cc(CCN(C)C)c(C(F)(F)F)cc3=O)c2F)c1C. The van der Waals surface area contributed by atoms with Crippen LogP contribution in [0, 0.1) is 52.2 Å². The summed E-state index contributed by atoms with van der Waals surface area (Å²) in [6, 6.07) is 2.30. The molecule has 0 fully saturated rings. The lowest BCUT2D eigenvalue weighted by Gasteiger charge is -2.33. The number of carbonyl (C=O) groups is 2. The molecule has 3 rings (SSSR count). The number of likely N-dealkylation sites (N-methyl/N-ethyl adjacent to an activating group) is 1. The molecule has 0 aliphatic heterocycles. The van der Waals surface area contributed by atoms with E-state index in [2.05, 4.69) is 5.32 Å². The van der Waals surface area contributed by atoms with E-state index in [1.54, 1.807) is 46.7 Å². The van der Waals surface area contributed by atoms with Gasteiger partial charge < -0.3 is 19.9 Å². The third-order valence-corrected chi connectivity index (χ3v) is 9.95. The zero-order chi connectivity index (χ0) is 37.3. The molecule has 0 aliphatic carbocycles. The second-order valence-electron chi connectivity index (χ2n) is 13.4. The Labute approximate surface area is 297 Å². The molecule has 49 heavy (non-hydrogen) atoms. The van der Waals surface area contributed by atoms with Gasteiger partial charge in [-0.15, -0.1) is 0 Å². The van der Waals surface area contributed by atoms with E-state index in [9.17, 15) is 32.7 Å². The van der Waals surface area contributed by atoms with E-state index in [4.69, 9.17) is 0 Å². The summed E-state index contributed by atoms with van der Waals surface area (Å²) in [4.78, 5) is 41.3. The van der Waals surface area contributed by atoms with Crippen molar-refractivity contribution in [1.29, 1.82) is 0 Å². The second kappa shape index (κ2) is 15.3. The quantitative estimate of drug-likeness (QED) is 0.0841. The lowest BCUT2D eigenvalue weighted by atomic mass is 9.86. The molecule has 0 spiro atoms. The van der Waals surface area contributed by atoms with Gasteiger partial charge in [0.15, 0.2) is 0 Å². The average Bonchev–Trinajstić information content (AvgIpc) is 2.95. The van der Waals surface area contributed by atoms with E-state index in [0.717, 1.165) is 33.0 Å². The third kappa shape index (κ3) is 8.89. The summed E-state index contributed by atoms with van der Waals surface area (Å²) >= 11 is 1.51. The molecule has 0 bridgehead atoms. The number of carboxylic acids is 1. The van der Waals surface area contributed by atoms with Crippen LogP contribution in [0.1, 0.15) is 77.2 Å². The number of aliphatic carboxylic acids is 1. The van der Waals surface area contributed by atoms with Crippen LogP contribution < -0.4 is 10.9 Å². The number of hydrogen-bond acceptors (Lipinski definition) is 4. The molecule has 0 saturated heterocycles. The summed E-state index contributed by atoms with van der Waals surface area (Å²) in [5.41, 5.74) is 0.629. The monoisotopic (exact) mass is 803 g/mol. The fraction of sp³-hybridized carbons (Fsp3) is 0.472. The lowest BCUT2D eigenvalue weighted by Crippen LogP contribution is -2.48. The Balaban J connectivity index is 2.29. The summed E-state index contributed by atoms with van der Waals surface area (Å²) in [5, 5.41) is 12.5. The number of rotatable bonds is 12. The van der Waals surface area contributed by atoms with Gasteiger partial charge >= 0.3 is 12.1 Å². The van der Waals surface area contributed by atoms with Crippen molar-refractivity contribution in [2.24, 2.45) is 5.92 Å². The minimum atomic E-state index is -4.83. The van der Waals surface area contributed by atoms with Crippen molar-refractivity contribution in [2.45, 2.75) is 83.5 Å². The molecule has 0 aliphatic rings. The average molecular weight is 804 g/mol. The summed E-state index contributed by atoms with van der Waals surface area (Å²) in [6.07, 6.45) is -4.92. The summed E-state index contributed by atoms with van der Waals surface area (Å²) in [6.45, 7) is 12.4. The maximum absolute atomic E-state index is 16.8. The highest BCUT2D eigenvalue weighted by molar-refractivity contribution is 14.1. The standard InChI is InChI=1S/C36H43F5IN3O4/c1-18(2)12-27(45-17-24(10-11-44(8)9)26(15-28(45)46)36(39,40)41)34(49)43-35(42,16-29(47)48)31-32(37)21(5)14-25(33(31)38)30-22(6)19(3)13-20(4)23(30)7/h13-15,17-18,27H,10-12,16H2,1-9H3,(H,43,49)(H,47,48)/t27?,35-/m1/s1. The first kappa shape index (κ1) is 40.1. The Hall–Kier alpha value is -3.33. The molecular weight excluding hydrogens is 760 g/mol. The van der Waals surface area contributed by atoms with Gasteiger partial charge in [0, 0.05) is 24.4 Å². The van der Waals surface area contributed by atoms with Gasteiger partial charge in [0.2, 0.25) is 5.91 Å². The molecule has 1 amide bonds. The fourth-order valence-corrected chi connectivity index (χ4v) is 7.11. The van der Waals surface area contributed by atoms with Crippen LogP contribution in [0.15, 0.2) is 29.2 Å². The lowest BCUT2D eigenvalue weighted by molar-refractivity contribution is -0.139. The Morgan fingerprint density at radius 3 is 2.02 bits per heavy atom.